The molecule has 21 heavy (non-hydrogen) atoms. The number of halogens is 2. The number of aliphatic hydroxyl groups excluding tert-OH is 1. The quantitative estimate of drug-likeness (QED) is 0.755. The van der Waals surface area contributed by atoms with Gasteiger partial charge in [0.1, 0.15) is 0 Å². The monoisotopic (exact) mass is 330 g/mol. The van der Waals surface area contributed by atoms with E-state index < -0.39 is 0 Å². The third kappa shape index (κ3) is 5.96. The summed E-state index contributed by atoms with van der Waals surface area (Å²) in [5, 5.41) is 13.0. The number of carbonyl (C=O) groups is 1. The number of aliphatic hydroxyl groups is 1. The van der Waals surface area contributed by atoms with Gasteiger partial charge in [0.15, 0.2) is 0 Å². The fourth-order valence-electron chi connectivity index (χ4n) is 1.92. The summed E-state index contributed by atoms with van der Waals surface area (Å²) in [4.78, 5) is 13.6. The molecule has 0 fully saturated rings. The van der Waals surface area contributed by atoms with Gasteiger partial charge in [-0.15, -0.1) is 6.58 Å². The van der Waals surface area contributed by atoms with Crippen molar-refractivity contribution in [3.05, 3.63) is 46.5 Å². The molecule has 0 aliphatic heterocycles. The van der Waals surface area contributed by atoms with Crippen molar-refractivity contribution in [1.82, 2.24) is 10.2 Å². The normalized spacial score (nSPS) is 11.8. The number of amides is 2. The van der Waals surface area contributed by atoms with Crippen molar-refractivity contribution in [2.75, 3.05) is 19.7 Å². The maximum atomic E-state index is 12.1. The highest BCUT2D eigenvalue weighted by Gasteiger charge is 2.15. The SMILES string of the molecule is C=CCN(CCO)C(=O)NC(C)Cc1ccc(Cl)cc1Cl. The first-order chi connectivity index (χ1) is 9.97. The molecular formula is C15H20Cl2N2O2. The highest BCUT2D eigenvalue weighted by atomic mass is 35.5. The van der Waals surface area contributed by atoms with Crippen molar-refractivity contribution >= 4 is 29.2 Å². The van der Waals surface area contributed by atoms with E-state index >= 15 is 0 Å². The second-order valence-corrected chi connectivity index (χ2v) is 5.59. The first-order valence-corrected chi connectivity index (χ1v) is 7.44. The molecule has 0 aliphatic carbocycles. The Labute approximate surface area is 135 Å². The molecule has 0 saturated heterocycles. The average molecular weight is 331 g/mol. The Morgan fingerprint density at radius 3 is 2.81 bits per heavy atom. The maximum Gasteiger partial charge on any atom is 0.317 e. The Balaban J connectivity index is 2.61. The lowest BCUT2D eigenvalue weighted by atomic mass is 10.1. The van der Waals surface area contributed by atoms with Gasteiger partial charge >= 0.3 is 6.03 Å². The number of benzene rings is 1. The molecule has 6 heteroatoms. The van der Waals surface area contributed by atoms with Crippen LogP contribution >= 0.6 is 23.2 Å². The van der Waals surface area contributed by atoms with Crippen LogP contribution in [-0.4, -0.2) is 41.8 Å². The second kappa shape index (κ2) is 8.93. The number of hydrogen-bond donors (Lipinski definition) is 2. The van der Waals surface area contributed by atoms with Gasteiger partial charge in [-0.1, -0.05) is 35.3 Å². The Morgan fingerprint density at radius 1 is 1.52 bits per heavy atom. The van der Waals surface area contributed by atoms with Crippen LogP contribution in [0.15, 0.2) is 30.9 Å². The van der Waals surface area contributed by atoms with E-state index in [1.807, 2.05) is 13.0 Å². The molecule has 0 spiro atoms. The van der Waals surface area contributed by atoms with Crippen molar-refractivity contribution in [2.45, 2.75) is 19.4 Å². The molecular weight excluding hydrogens is 311 g/mol. The summed E-state index contributed by atoms with van der Waals surface area (Å²) < 4.78 is 0. The van der Waals surface area contributed by atoms with Crippen molar-refractivity contribution < 1.29 is 9.90 Å². The lowest BCUT2D eigenvalue weighted by molar-refractivity contribution is 0.181. The van der Waals surface area contributed by atoms with Crippen LogP contribution in [0.4, 0.5) is 4.79 Å². The van der Waals surface area contributed by atoms with Crippen molar-refractivity contribution in [2.24, 2.45) is 0 Å². The van der Waals surface area contributed by atoms with E-state index in [0.717, 1.165) is 5.56 Å². The Bertz CT molecular complexity index is 495. The summed E-state index contributed by atoms with van der Waals surface area (Å²) in [6, 6.07) is 4.97. The summed E-state index contributed by atoms with van der Waals surface area (Å²) >= 11 is 12.0. The van der Waals surface area contributed by atoms with Crippen LogP contribution in [-0.2, 0) is 6.42 Å². The lowest BCUT2D eigenvalue weighted by Crippen LogP contribution is -2.45. The number of nitrogens with one attached hydrogen (secondary N) is 1. The molecule has 1 unspecified atom stereocenters. The number of urea groups is 1. The largest absolute Gasteiger partial charge is 0.395 e. The first kappa shape index (κ1) is 17.8. The van der Waals surface area contributed by atoms with Crippen LogP contribution in [0.3, 0.4) is 0 Å². The van der Waals surface area contributed by atoms with Gasteiger partial charge in [-0.3, -0.25) is 0 Å². The van der Waals surface area contributed by atoms with E-state index in [2.05, 4.69) is 11.9 Å². The maximum absolute atomic E-state index is 12.1. The predicted molar refractivity (Wildman–Crippen MR) is 87.0 cm³/mol. The van der Waals surface area contributed by atoms with E-state index in [9.17, 15) is 4.79 Å². The van der Waals surface area contributed by atoms with Gasteiger partial charge in [0.05, 0.1) is 6.61 Å². The molecule has 1 aromatic carbocycles. The van der Waals surface area contributed by atoms with Crippen molar-refractivity contribution in [1.29, 1.82) is 0 Å². The third-order valence-corrected chi connectivity index (χ3v) is 3.50. The molecule has 0 heterocycles. The fourth-order valence-corrected chi connectivity index (χ4v) is 2.41. The average Bonchev–Trinajstić information content (AvgIpc) is 2.41. The fraction of sp³-hybridized carbons (Fsp3) is 0.400. The van der Waals surface area contributed by atoms with Crippen LogP contribution in [0.2, 0.25) is 10.0 Å². The van der Waals surface area contributed by atoms with E-state index in [0.29, 0.717) is 23.0 Å². The molecule has 0 saturated carbocycles. The number of rotatable bonds is 7. The number of carbonyl (C=O) groups excluding carboxylic acids is 1. The Hall–Kier alpha value is -1.23. The first-order valence-electron chi connectivity index (χ1n) is 6.69. The lowest BCUT2D eigenvalue weighted by Gasteiger charge is -2.23. The molecule has 2 N–H and O–H groups in total. The molecule has 116 valence electrons. The van der Waals surface area contributed by atoms with E-state index in [1.54, 1.807) is 18.2 Å². The molecule has 0 aromatic heterocycles. The molecule has 2 amide bonds. The van der Waals surface area contributed by atoms with E-state index in [1.165, 1.54) is 4.90 Å². The minimum Gasteiger partial charge on any atom is -0.395 e. The van der Waals surface area contributed by atoms with Gasteiger partial charge in [0.25, 0.3) is 0 Å². The van der Waals surface area contributed by atoms with Gasteiger partial charge in [-0.25, -0.2) is 4.79 Å². The molecule has 0 radical (unpaired) electrons. The number of nitrogens with zero attached hydrogens (tertiary/aromatic N) is 1. The molecule has 4 nitrogen and oxygen atoms in total. The van der Waals surface area contributed by atoms with Crippen LogP contribution < -0.4 is 5.32 Å². The van der Waals surface area contributed by atoms with Gasteiger partial charge in [0, 0.05) is 29.2 Å². The van der Waals surface area contributed by atoms with Gasteiger partial charge in [-0.05, 0) is 31.0 Å². The van der Waals surface area contributed by atoms with E-state index in [4.69, 9.17) is 28.3 Å². The minimum atomic E-state index is -0.235. The van der Waals surface area contributed by atoms with Crippen LogP contribution in [0.1, 0.15) is 12.5 Å². The third-order valence-electron chi connectivity index (χ3n) is 2.92. The smallest absolute Gasteiger partial charge is 0.317 e. The molecule has 1 atom stereocenters. The summed E-state index contributed by atoms with van der Waals surface area (Å²) in [5.41, 5.74) is 0.922. The van der Waals surface area contributed by atoms with Crippen molar-refractivity contribution in [3.63, 3.8) is 0 Å². The summed E-state index contributed by atoms with van der Waals surface area (Å²) in [6.45, 7) is 6.07. The highest BCUT2D eigenvalue weighted by molar-refractivity contribution is 6.35. The Morgan fingerprint density at radius 2 is 2.24 bits per heavy atom. The zero-order valence-electron chi connectivity index (χ0n) is 12.0. The molecule has 1 rings (SSSR count). The second-order valence-electron chi connectivity index (χ2n) is 4.75. The highest BCUT2D eigenvalue weighted by Crippen LogP contribution is 2.22. The summed E-state index contributed by atoms with van der Waals surface area (Å²) in [5.74, 6) is 0. The molecule has 1 aromatic rings. The zero-order chi connectivity index (χ0) is 15.8. The van der Waals surface area contributed by atoms with Gasteiger partial charge < -0.3 is 15.3 Å². The summed E-state index contributed by atoms with van der Waals surface area (Å²) in [7, 11) is 0. The summed E-state index contributed by atoms with van der Waals surface area (Å²) in [6.07, 6.45) is 2.22. The molecule has 0 aliphatic rings. The Kier molecular flexibility index (Phi) is 7.57. The van der Waals surface area contributed by atoms with Gasteiger partial charge in [0.2, 0.25) is 0 Å². The predicted octanol–water partition coefficient (Wildman–Crippen LogP) is 3.11. The van der Waals surface area contributed by atoms with Crippen molar-refractivity contribution in [3.8, 4) is 0 Å². The van der Waals surface area contributed by atoms with Gasteiger partial charge in [-0.2, -0.15) is 0 Å². The van der Waals surface area contributed by atoms with Crippen LogP contribution in [0.25, 0.3) is 0 Å². The van der Waals surface area contributed by atoms with Crippen LogP contribution in [0.5, 0.6) is 0 Å². The molecule has 0 bridgehead atoms. The van der Waals surface area contributed by atoms with Crippen LogP contribution in [0, 0.1) is 0 Å². The minimum absolute atomic E-state index is 0.0847. The standard InChI is InChI=1S/C15H20Cl2N2O2/c1-3-6-19(7-8-20)15(21)18-11(2)9-12-4-5-13(16)10-14(12)17/h3-5,10-11,20H,1,6-9H2,2H3,(H,18,21). The number of hydrogen-bond acceptors (Lipinski definition) is 2. The van der Waals surface area contributed by atoms with E-state index in [-0.39, 0.29) is 25.2 Å². The zero-order valence-corrected chi connectivity index (χ0v) is 13.5. The topological polar surface area (TPSA) is 52.6 Å².